The topological polar surface area (TPSA) is 88.5 Å². The van der Waals surface area contributed by atoms with E-state index < -0.39 is 0 Å². The van der Waals surface area contributed by atoms with Crippen molar-refractivity contribution in [1.82, 2.24) is 30.3 Å². The Morgan fingerprint density at radius 2 is 2.41 bits per heavy atom. The van der Waals surface area contributed by atoms with Crippen LogP contribution in [0, 0.1) is 6.92 Å². The Balaban J connectivity index is 1.87. The number of carbonyl (C=O) groups excluding carboxylic acids is 1. The number of rotatable bonds is 4. The summed E-state index contributed by atoms with van der Waals surface area (Å²) in [4.78, 5) is 15.8. The van der Waals surface area contributed by atoms with Gasteiger partial charge < -0.3 is 5.32 Å². The van der Waals surface area contributed by atoms with Crippen molar-refractivity contribution in [2.75, 3.05) is 6.54 Å². The molecule has 2 rings (SSSR count). The molecule has 90 valence electrons. The zero-order chi connectivity index (χ0) is 12.3. The number of hydrogen-bond donors (Lipinski definition) is 2. The smallest absolute Gasteiger partial charge is 0.269 e. The highest BCUT2D eigenvalue weighted by molar-refractivity contribution is 5.92. The molecule has 2 heterocycles. The molecule has 2 aromatic heterocycles. The van der Waals surface area contributed by atoms with Crippen LogP contribution in [0.25, 0.3) is 0 Å². The molecule has 1 amide bonds. The second kappa shape index (κ2) is 4.77. The fraction of sp³-hybridized carbons (Fsp3) is 0.400. The van der Waals surface area contributed by atoms with Crippen molar-refractivity contribution < 1.29 is 4.79 Å². The zero-order valence-corrected chi connectivity index (χ0v) is 9.77. The van der Waals surface area contributed by atoms with E-state index in [0.29, 0.717) is 18.7 Å². The Hall–Kier alpha value is -2.18. The van der Waals surface area contributed by atoms with Crippen molar-refractivity contribution in [1.29, 1.82) is 0 Å². The van der Waals surface area contributed by atoms with E-state index in [9.17, 15) is 4.79 Å². The van der Waals surface area contributed by atoms with E-state index in [0.717, 1.165) is 11.5 Å². The Kier molecular flexibility index (Phi) is 3.17. The maximum absolute atomic E-state index is 11.8. The van der Waals surface area contributed by atoms with Crippen LogP contribution in [0.5, 0.6) is 0 Å². The summed E-state index contributed by atoms with van der Waals surface area (Å²) in [5.74, 6) is 0.624. The van der Waals surface area contributed by atoms with Gasteiger partial charge >= 0.3 is 0 Å². The first-order valence-electron chi connectivity index (χ1n) is 5.30. The van der Waals surface area contributed by atoms with E-state index in [-0.39, 0.29) is 5.91 Å². The molecule has 0 bridgehead atoms. The molecular weight excluding hydrogens is 220 g/mol. The molecule has 0 saturated heterocycles. The third-order valence-corrected chi connectivity index (χ3v) is 2.35. The lowest BCUT2D eigenvalue weighted by Crippen LogP contribution is -2.27. The summed E-state index contributed by atoms with van der Waals surface area (Å²) in [6.45, 7) is 2.36. The summed E-state index contributed by atoms with van der Waals surface area (Å²) in [7, 11) is 1.75. The lowest BCUT2D eigenvalue weighted by molar-refractivity contribution is 0.0944. The first-order chi connectivity index (χ1) is 8.16. The van der Waals surface area contributed by atoms with Crippen LogP contribution < -0.4 is 5.32 Å². The van der Waals surface area contributed by atoms with Crippen molar-refractivity contribution in [2.45, 2.75) is 13.3 Å². The monoisotopic (exact) mass is 234 g/mol. The van der Waals surface area contributed by atoms with Gasteiger partial charge in [-0.3, -0.25) is 14.6 Å². The zero-order valence-electron chi connectivity index (χ0n) is 9.77. The van der Waals surface area contributed by atoms with Gasteiger partial charge in [-0.2, -0.15) is 10.2 Å². The first-order valence-corrected chi connectivity index (χ1v) is 5.30. The molecule has 0 aromatic carbocycles. The average molecular weight is 234 g/mol. The van der Waals surface area contributed by atoms with Crippen LogP contribution in [0.3, 0.4) is 0 Å². The van der Waals surface area contributed by atoms with Crippen LogP contribution in [0.4, 0.5) is 0 Å². The van der Waals surface area contributed by atoms with Crippen molar-refractivity contribution in [2.24, 2.45) is 7.05 Å². The standard InChI is InChI=1S/C10H14N6O/c1-7-5-8(16(2)15-7)10(17)11-4-3-9-12-6-13-14-9/h5-6H,3-4H2,1-2H3,(H,11,17)(H,12,13,14). The number of H-pyrrole nitrogens is 1. The van der Waals surface area contributed by atoms with Crippen LogP contribution >= 0.6 is 0 Å². The predicted molar refractivity (Wildman–Crippen MR) is 60.4 cm³/mol. The van der Waals surface area contributed by atoms with Gasteiger partial charge in [0.25, 0.3) is 5.91 Å². The number of carbonyl (C=O) groups is 1. The highest BCUT2D eigenvalue weighted by atomic mass is 16.2. The normalized spacial score (nSPS) is 10.5. The number of amides is 1. The van der Waals surface area contributed by atoms with E-state index >= 15 is 0 Å². The molecule has 2 aromatic rings. The summed E-state index contributed by atoms with van der Waals surface area (Å²) in [6, 6.07) is 1.75. The van der Waals surface area contributed by atoms with Crippen LogP contribution in [-0.4, -0.2) is 37.4 Å². The van der Waals surface area contributed by atoms with E-state index in [1.165, 1.54) is 6.33 Å². The molecule has 0 spiro atoms. The van der Waals surface area contributed by atoms with Crippen LogP contribution in [0.2, 0.25) is 0 Å². The molecule has 0 aliphatic rings. The SMILES string of the molecule is Cc1cc(C(=O)NCCc2ncn[nH]2)n(C)n1. The lowest BCUT2D eigenvalue weighted by atomic mass is 10.3. The lowest BCUT2D eigenvalue weighted by Gasteiger charge is -2.03. The van der Waals surface area contributed by atoms with E-state index in [4.69, 9.17) is 0 Å². The molecule has 7 nitrogen and oxygen atoms in total. The summed E-state index contributed by atoms with van der Waals surface area (Å²) < 4.78 is 1.57. The van der Waals surface area contributed by atoms with Gasteiger partial charge in [0, 0.05) is 20.0 Å². The largest absolute Gasteiger partial charge is 0.350 e. The molecule has 0 radical (unpaired) electrons. The number of nitrogens with one attached hydrogen (secondary N) is 2. The Labute approximate surface area is 98.2 Å². The van der Waals surface area contributed by atoms with E-state index in [1.54, 1.807) is 17.8 Å². The molecule has 2 N–H and O–H groups in total. The Morgan fingerprint density at radius 3 is 3.00 bits per heavy atom. The number of hydrogen-bond acceptors (Lipinski definition) is 4. The van der Waals surface area contributed by atoms with Gasteiger partial charge in [-0.1, -0.05) is 0 Å². The van der Waals surface area contributed by atoms with Gasteiger partial charge in [-0.05, 0) is 13.0 Å². The van der Waals surface area contributed by atoms with Gasteiger partial charge in [0.2, 0.25) is 0 Å². The quantitative estimate of drug-likeness (QED) is 0.768. The Bertz CT molecular complexity index is 501. The molecule has 0 aliphatic carbocycles. The third kappa shape index (κ3) is 2.68. The minimum atomic E-state index is -0.132. The maximum atomic E-state index is 11.8. The number of aryl methyl sites for hydroxylation is 2. The first kappa shape index (κ1) is 11.3. The van der Waals surface area contributed by atoms with Gasteiger partial charge in [0.15, 0.2) is 0 Å². The summed E-state index contributed by atoms with van der Waals surface area (Å²) in [5, 5.41) is 13.4. The second-order valence-corrected chi connectivity index (χ2v) is 3.73. The van der Waals surface area contributed by atoms with Gasteiger partial charge in [0.05, 0.1) is 5.69 Å². The molecule has 0 fully saturated rings. The fourth-order valence-electron chi connectivity index (χ4n) is 1.56. The summed E-state index contributed by atoms with van der Waals surface area (Å²) in [6.07, 6.45) is 2.07. The minimum absolute atomic E-state index is 0.132. The molecule has 0 aliphatic heterocycles. The van der Waals surface area contributed by atoms with Crippen molar-refractivity contribution in [3.05, 3.63) is 29.6 Å². The molecular formula is C10H14N6O. The third-order valence-electron chi connectivity index (χ3n) is 2.35. The summed E-state index contributed by atoms with van der Waals surface area (Å²) in [5.41, 5.74) is 1.38. The van der Waals surface area contributed by atoms with E-state index in [2.05, 4.69) is 25.6 Å². The molecule has 7 heteroatoms. The van der Waals surface area contributed by atoms with Crippen LogP contribution in [0.15, 0.2) is 12.4 Å². The second-order valence-electron chi connectivity index (χ2n) is 3.73. The predicted octanol–water partition coefficient (Wildman–Crippen LogP) is -0.181. The number of aromatic amines is 1. The number of nitrogens with zero attached hydrogens (tertiary/aromatic N) is 4. The highest BCUT2D eigenvalue weighted by Gasteiger charge is 2.10. The van der Waals surface area contributed by atoms with Gasteiger partial charge in [-0.25, -0.2) is 4.98 Å². The van der Waals surface area contributed by atoms with Crippen molar-refractivity contribution in [3.63, 3.8) is 0 Å². The molecule has 0 unspecified atom stereocenters. The Morgan fingerprint density at radius 1 is 1.59 bits per heavy atom. The molecule has 0 saturated carbocycles. The number of aromatic nitrogens is 5. The minimum Gasteiger partial charge on any atom is -0.350 e. The van der Waals surface area contributed by atoms with Crippen molar-refractivity contribution >= 4 is 5.91 Å². The van der Waals surface area contributed by atoms with Crippen LogP contribution in [0.1, 0.15) is 22.0 Å². The fourth-order valence-corrected chi connectivity index (χ4v) is 1.56. The maximum Gasteiger partial charge on any atom is 0.269 e. The van der Waals surface area contributed by atoms with Gasteiger partial charge in [0.1, 0.15) is 17.8 Å². The molecule has 17 heavy (non-hydrogen) atoms. The van der Waals surface area contributed by atoms with E-state index in [1.807, 2.05) is 6.92 Å². The van der Waals surface area contributed by atoms with Gasteiger partial charge in [-0.15, -0.1) is 0 Å². The van der Waals surface area contributed by atoms with Crippen LogP contribution in [-0.2, 0) is 13.5 Å². The summed E-state index contributed by atoms with van der Waals surface area (Å²) >= 11 is 0. The van der Waals surface area contributed by atoms with Crippen molar-refractivity contribution in [3.8, 4) is 0 Å². The molecule has 0 atom stereocenters. The average Bonchev–Trinajstić information content (AvgIpc) is 2.88. The highest BCUT2D eigenvalue weighted by Crippen LogP contribution is 2.01.